The Kier molecular flexibility index (Phi) is 8.48. The fraction of sp³-hybridized carbons (Fsp3) is 0.810. The van der Waals surface area contributed by atoms with Gasteiger partial charge in [-0.25, -0.2) is 0 Å². The highest BCUT2D eigenvalue weighted by molar-refractivity contribution is 5.80. The summed E-state index contributed by atoms with van der Waals surface area (Å²) < 4.78 is 2.00. The van der Waals surface area contributed by atoms with Crippen molar-refractivity contribution < 1.29 is 4.79 Å². The van der Waals surface area contributed by atoms with E-state index in [0.717, 1.165) is 71.2 Å². The van der Waals surface area contributed by atoms with Crippen LogP contribution < -0.4 is 5.32 Å². The second-order valence-corrected chi connectivity index (χ2v) is 8.89. The number of nitrogens with one attached hydrogen (secondary N) is 1. The Bertz CT molecular complexity index is 659. The standard InChI is InChI=1S/C21H38N8O/c1-18-12-19(2)14-29(13-18)20(30)15-26-8-10-28(11-9-26)21(22-3)23-6-4-5-7-27-16-24-25-17-27/h16-19H,4-15H2,1-3H3,(H,22,23). The van der Waals surface area contributed by atoms with E-state index >= 15 is 0 Å². The lowest BCUT2D eigenvalue weighted by atomic mass is 9.92. The lowest BCUT2D eigenvalue weighted by Crippen LogP contribution is -2.55. The maximum Gasteiger partial charge on any atom is 0.236 e. The molecule has 3 heterocycles. The van der Waals surface area contributed by atoms with Crippen LogP contribution in [0.5, 0.6) is 0 Å². The Labute approximate surface area is 180 Å². The zero-order valence-electron chi connectivity index (χ0n) is 18.8. The molecular weight excluding hydrogens is 380 g/mol. The Hall–Kier alpha value is -2.16. The summed E-state index contributed by atoms with van der Waals surface area (Å²) in [5.41, 5.74) is 0. The summed E-state index contributed by atoms with van der Waals surface area (Å²) in [4.78, 5) is 23.8. The molecule has 2 aliphatic heterocycles. The van der Waals surface area contributed by atoms with Gasteiger partial charge in [0.05, 0.1) is 6.54 Å². The fourth-order valence-electron chi connectivity index (χ4n) is 4.57. The number of rotatable bonds is 7. The molecular formula is C21H38N8O. The average molecular weight is 419 g/mol. The molecule has 0 aromatic carbocycles. The van der Waals surface area contributed by atoms with Gasteiger partial charge in [0.15, 0.2) is 5.96 Å². The molecule has 2 unspecified atom stereocenters. The number of nitrogens with zero attached hydrogens (tertiary/aromatic N) is 7. The molecule has 2 aliphatic rings. The summed E-state index contributed by atoms with van der Waals surface area (Å²) in [6, 6.07) is 0. The third-order valence-corrected chi connectivity index (χ3v) is 6.06. The monoisotopic (exact) mass is 418 g/mol. The van der Waals surface area contributed by atoms with Crippen LogP contribution in [-0.2, 0) is 11.3 Å². The molecule has 1 amide bonds. The maximum atomic E-state index is 12.7. The zero-order chi connectivity index (χ0) is 21.3. The van der Waals surface area contributed by atoms with Crippen LogP contribution in [0.1, 0.15) is 33.1 Å². The van der Waals surface area contributed by atoms with Crippen molar-refractivity contribution in [2.75, 3.05) is 59.4 Å². The summed E-state index contributed by atoms with van der Waals surface area (Å²) in [5, 5.41) is 11.1. The van der Waals surface area contributed by atoms with Crippen LogP contribution in [0.4, 0.5) is 0 Å². The maximum absolute atomic E-state index is 12.7. The molecule has 2 fully saturated rings. The molecule has 9 nitrogen and oxygen atoms in total. The van der Waals surface area contributed by atoms with Crippen molar-refractivity contribution in [3.05, 3.63) is 12.7 Å². The number of aromatic nitrogens is 3. The van der Waals surface area contributed by atoms with Gasteiger partial charge in [0.25, 0.3) is 0 Å². The normalized spacial score (nSPS) is 23.6. The Morgan fingerprint density at radius 2 is 1.70 bits per heavy atom. The lowest BCUT2D eigenvalue weighted by Gasteiger charge is -2.39. The van der Waals surface area contributed by atoms with Crippen molar-refractivity contribution in [1.29, 1.82) is 0 Å². The Balaban J connectivity index is 1.33. The van der Waals surface area contributed by atoms with Crippen molar-refractivity contribution in [1.82, 2.24) is 34.8 Å². The topological polar surface area (TPSA) is 81.9 Å². The van der Waals surface area contributed by atoms with Gasteiger partial charge < -0.3 is 19.7 Å². The molecule has 30 heavy (non-hydrogen) atoms. The van der Waals surface area contributed by atoms with E-state index in [0.29, 0.717) is 18.4 Å². The average Bonchev–Trinajstić information content (AvgIpc) is 3.24. The number of hydrogen-bond acceptors (Lipinski definition) is 5. The van der Waals surface area contributed by atoms with Crippen LogP contribution in [0.2, 0.25) is 0 Å². The van der Waals surface area contributed by atoms with Gasteiger partial charge in [-0.2, -0.15) is 0 Å². The number of piperazine rings is 1. The van der Waals surface area contributed by atoms with Crippen molar-refractivity contribution in [3.8, 4) is 0 Å². The number of aryl methyl sites for hydroxylation is 1. The first-order chi connectivity index (χ1) is 14.5. The SMILES string of the molecule is CN=C(NCCCCn1cnnc1)N1CCN(CC(=O)N2CC(C)CC(C)C2)CC1. The number of likely N-dealkylation sites (tertiary alicyclic amines) is 1. The van der Waals surface area contributed by atoms with Crippen LogP contribution in [0.3, 0.4) is 0 Å². The van der Waals surface area contributed by atoms with Crippen LogP contribution in [0, 0.1) is 11.8 Å². The molecule has 0 aliphatic carbocycles. The number of amides is 1. The fourth-order valence-corrected chi connectivity index (χ4v) is 4.57. The van der Waals surface area contributed by atoms with E-state index in [9.17, 15) is 4.79 Å². The summed E-state index contributed by atoms with van der Waals surface area (Å²) in [6.45, 7) is 12.3. The first-order valence-corrected chi connectivity index (χ1v) is 11.3. The highest BCUT2D eigenvalue weighted by Gasteiger charge is 2.27. The predicted molar refractivity (Wildman–Crippen MR) is 118 cm³/mol. The summed E-state index contributed by atoms with van der Waals surface area (Å²) in [6.07, 6.45) is 6.88. The van der Waals surface area contributed by atoms with E-state index in [1.54, 1.807) is 12.7 Å². The van der Waals surface area contributed by atoms with Gasteiger partial charge in [-0.05, 0) is 31.1 Å². The van der Waals surface area contributed by atoms with E-state index in [-0.39, 0.29) is 5.91 Å². The molecule has 0 bridgehead atoms. The van der Waals surface area contributed by atoms with Gasteiger partial charge in [-0.3, -0.25) is 14.7 Å². The van der Waals surface area contributed by atoms with Gasteiger partial charge in [-0.1, -0.05) is 13.8 Å². The minimum Gasteiger partial charge on any atom is -0.356 e. The van der Waals surface area contributed by atoms with Crippen molar-refractivity contribution in [2.45, 2.75) is 39.7 Å². The van der Waals surface area contributed by atoms with Crippen LogP contribution in [0.15, 0.2) is 17.6 Å². The van der Waals surface area contributed by atoms with Crippen LogP contribution >= 0.6 is 0 Å². The molecule has 1 N–H and O–H groups in total. The number of guanidine groups is 1. The molecule has 0 spiro atoms. The minimum absolute atomic E-state index is 0.289. The largest absolute Gasteiger partial charge is 0.356 e. The third-order valence-electron chi connectivity index (χ3n) is 6.06. The number of unbranched alkanes of at least 4 members (excludes halogenated alkanes) is 1. The molecule has 0 saturated carbocycles. The van der Waals surface area contributed by atoms with E-state index in [1.165, 1.54) is 6.42 Å². The van der Waals surface area contributed by atoms with E-state index < -0.39 is 0 Å². The zero-order valence-corrected chi connectivity index (χ0v) is 18.8. The van der Waals surface area contributed by atoms with Gasteiger partial charge in [0.1, 0.15) is 12.7 Å². The molecule has 1 aromatic rings. The van der Waals surface area contributed by atoms with E-state index in [1.807, 2.05) is 11.6 Å². The third kappa shape index (κ3) is 6.68. The first kappa shape index (κ1) is 22.5. The molecule has 0 radical (unpaired) electrons. The Morgan fingerprint density at radius 1 is 1.03 bits per heavy atom. The second-order valence-electron chi connectivity index (χ2n) is 8.89. The molecule has 2 saturated heterocycles. The quantitative estimate of drug-likeness (QED) is 0.400. The van der Waals surface area contributed by atoms with Crippen LogP contribution in [-0.4, -0.2) is 101 Å². The molecule has 168 valence electrons. The first-order valence-electron chi connectivity index (χ1n) is 11.3. The molecule has 9 heteroatoms. The number of piperidine rings is 1. The summed E-state index contributed by atoms with van der Waals surface area (Å²) >= 11 is 0. The van der Waals surface area contributed by atoms with Gasteiger partial charge in [0.2, 0.25) is 5.91 Å². The number of hydrogen-bond donors (Lipinski definition) is 1. The van der Waals surface area contributed by atoms with Gasteiger partial charge >= 0.3 is 0 Å². The van der Waals surface area contributed by atoms with Gasteiger partial charge in [-0.15, -0.1) is 10.2 Å². The smallest absolute Gasteiger partial charge is 0.236 e. The van der Waals surface area contributed by atoms with Crippen LogP contribution in [0.25, 0.3) is 0 Å². The van der Waals surface area contributed by atoms with Gasteiger partial charge in [0, 0.05) is 59.4 Å². The Morgan fingerprint density at radius 3 is 2.33 bits per heavy atom. The molecule has 1 aromatic heterocycles. The second kappa shape index (κ2) is 11.3. The predicted octanol–water partition coefficient (Wildman–Crippen LogP) is 0.756. The van der Waals surface area contributed by atoms with Crippen molar-refractivity contribution >= 4 is 11.9 Å². The van der Waals surface area contributed by atoms with Crippen molar-refractivity contribution in [2.24, 2.45) is 16.8 Å². The molecule has 2 atom stereocenters. The van der Waals surface area contributed by atoms with Crippen molar-refractivity contribution in [3.63, 3.8) is 0 Å². The molecule has 3 rings (SSSR count). The number of aliphatic imine (C=N–C) groups is 1. The minimum atomic E-state index is 0.289. The van der Waals surface area contributed by atoms with E-state index in [2.05, 4.69) is 49.1 Å². The lowest BCUT2D eigenvalue weighted by molar-refractivity contribution is -0.135. The number of carbonyl (C=O) groups is 1. The number of carbonyl (C=O) groups excluding carboxylic acids is 1. The summed E-state index contributed by atoms with van der Waals surface area (Å²) in [7, 11) is 1.84. The highest BCUT2D eigenvalue weighted by Crippen LogP contribution is 2.21. The highest BCUT2D eigenvalue weighted by atomic mass is 16.2. The van der Waals surface area contributed by atoms with E-state index in [4.69, 9.17) is 0 Å². The summed E-state index contributed by atoms with van der Waals surface area (Å²) in [5.74, 6) is 2.47.